The van der Waals surface area contributed by atoms with Gasteiger partial charge in [-0.2, -0.15) is 0 Å². The van der Waals surface area contributed by atoms with Gasteiger partial charge >= 0.3 is 0 Å². The van der Waals surface area contributed by atoms with Crippen molar-refractivity contribution in [3.63, 3.8) is 0 Å². The van der Waals surface area contributed by atoms with Crippen LogP contribution in [0.5, 0.6) is 0 Å². The van der Waals surface area contributed by atoms with Crippen LogP contribution in [0, 0.1) is 0 Å². The van der Waals surface area contributed by atoms with E-state index in [-0.39, 0.29) is 5.78 Å². The Morgan fingerprint density at radius 2 is 2.29 bits per heavy atom. The number of allylic oxidation sites excluding steroid dienone is 2. The molecule has 0 fully saturated rings. The lowest BCUT2D eigenvalue weighted by Crippen LogP contribution is -1.84. The molecule has 1 nitrogen and oxygen atoms in total. The molecule has 74 valence electrons. The second-order valence-corrected chi connectivity index (χ2v) is 3.95. The molecule has 0 saturated heterocycles. The molecule has 0 heterocycles. The molecule has 0 saturated carbocycles. The molecule has 0 aliphatic rings. The molecule has 1 aromatic carbocycles. The van der Waals surface area contributed by atoms with Crippen LogP contribution in [0.2, 0.25) is 0 Å². The summed E-state index contributed by atoms with van der Waals surface area (Å²) in [7, 11) is 0. The topological polar surface area (TPSA) is 17.1 Å². The van der Waals surface area contributed by atoms with Gasteiger partial charge in [0.15, 0.2) is 5.78 Å². The average Bonchev–Trinajstić information content (AvgIpc) is 2.18. The van der Waals surface area contributed by atoms with Crippen LogP contribution in [-0.4, -0.2) is 12.0 Å². The van der Waals surface area contributed by atoms with E-state index in [1.807, 2.05) is 12.1 Å². The van der Waals surface area contributed by atoms with E-state index >= 15 is 0 Å². The highest BCUT2D eigenvalue weighted by atomic mass is 32.2. The van der Waals surface area contributed by atoms with Gasteiger partial charge in [0.05, 0.1) is 0 Å². The molecule has 0 atom stereocenters. The molecule has 0 bridgehead atoms. The first-order valence-electron chi connectivity index (χ1n) is 4.52. The Balaban J connectivity index is 2.63. The van der Waals surface area contributed by atoms with Crippen LogP contribution in [0.1, 0.15) is 12.5 Å². The fraction of sp³-hybridized carbons (Fsp3) is 0.250. The van der Waals surface area contributed by atoms with Crippen LogP contribution < -0.4 is 0 Å². The summed E-state index contributed by atoms with van der Waals surface area (Å²) in [6.07, 6.45) is 6.41. The molecule has 0 radical (unpaired) electrons. The summed E-state index contributed by atoms with van der Waals surface area (Å²) in [5.41, 5.74) is 1.24. The highest BCUT2D eigenvalue weighted by molar-refractivity contribution is 7.98. The van der Waals surface area contributed by atoms with Gasteiger partial charge in [0.2, 0.25) is 0 Å². The molecule has 0 aliphatic carbocycles. The Bertz CT molecular complexity index is 342. The number of carbonyl (C=O) groups excluding carboxylic acids is 1. The largest absolute Gasteiger partial charge is 0.295 e. The SMILES string of the molecule is CSc1cccc(C/C=C/C(C)=O)c1. The van der Waals surface area contributed by atoms with E-state index in [9.17, 15) is 4.79 Å². The van der Waals surface area contributed by atoms with Crippen molar-refractivity contribution in [1.29, 1.82) is 0 Å². The summed E-state index contributed by atoms with van der Waals surface area (Å²) in [6, 6.07) is 8.35. The quantitative estimate of drug-likeness (QED) is 0.556. The Kier molecular flexibility index (Phi) is 4.47. The zero-order valence-electron chi connectivity index (χ0n) is 8.49. The van der Waals surface area contributed by atoms with Crippen LogP contribution >= 0.6 is 11.8 Å². The summed E-state index contributed by atoms with van der Waals surface area (Å²) < 4.78 is 0. The van der Waals surface area contributed by atoms with Crippen molar-refractivity contribution in [2.45, 2.75) is 18.2 Å². The zero-order chi connectivity index (χ0) is 10.4. The molecule has 0 unspecified atom stereocenters. The molecule has 1 rings (SSSR count). The predicted molar refractivity (Wildman–Crippen MR) is 61.7 cm³/mol. The molecule has 0 aromatic heterocycles. The molecule has 14 heavy (non-hydrogen) atoms. The highest BCUT2D eigenvalue weighted by Gasteiger charge is 1.92. The number of thioether (sulfide) groups is 1. The maximum Gasteiger partial charge on any atom is 0.152 e. The number of carbonyl (C=O) groups is 1. The average molecular weight is 206 g/mol. The number of hydrogen-bond donors (Lipinski definition) is 0. The standard InChI is InChI=1S/C12H14OS/c1-10(13)5-3-6-11-7-4-8-12(9-11)14-2/h3-5,7-9H,6H2,1-2H3/b5-3+. The second-order valence-electron chi connectivity index (χ2n) is 3.07. The summed E-state index contributed by atoms with van der Waals surface area (Å²) in [5.74, 6) is 0.103. The van der Waals surface area contributed by atoms with E-state index < -0.39 is 0 Å². The third-order valence-corrected chi connectivity index (χ3v) is 2.57. The first-order chi connectivity index (χ1) is 6.72. The first kappa shape index (κ1) is 11.1. The summed E-state index contributed by atoms with van der Waals surface area (Å²) in [6.45, 7) is 1.56. The maximum atomic E-state index is 10.7. The van der Waals surface area contributed by atoms with Crippen molar-refractivity contribution in [2.24, 2.45) is 0 Å². The molecular weight excluding hydrogens is 192 g/mol. The Morgan fingerprint density at radius 3 is 2.93 bits per heavy atom. The molecule has 0 amide bonds. The minimum Gasteiger partial charge on any atom is -0.295 e. The fourth-order valence-electron chi connectivity index (χ4n) is 1.16. The lowest BCUT2D eigenvalue weighted by molar-refractivity contribution is -0.112. The van der Waals surface area contributed by atoms with Crippen LogP contribution in [0.15, 0.2) is 41.3 Å². The van der Waals surface area contributed by atoms with Gasteiger partial charge in [0.1, 0.15) is 0 Å². The number of ketones is 1. The smallest absolute Gasteiger partial charge is 0.152 e. The van der Waals surface area contributed by atoms with Crippen molar-refractivity contribution in [3.05, 3.63) is 42.0 Å². The normalized spacial score (nSPS) is 10.7. The van der Waals surface area contributed by atoms with Gasteiger partial charge in [-0.1, -0.05) is 18.2 Å². The second kappa shape index (κ2) is 5.66. The summed E-state index contributed by atoms with van der Waals surface area (Å²) >= 11 is 1.73. The Labute approximate surface area is 89.2 Å². The van der Waals surface area contributed by atoms with Gasteiger partial charge in [0.25, 0.3) is 0 Å². The van der Waals surface area contributed by atoms with Crippen LogP contribution in [0.4, 0.5) is 0 Å². The van der Waals surface area contributed by atoms with E-state index in [0.29, 0.717) is 0 Å². The number of hydrogen-bond acceptors (Lipinski definition) is 2. The molecule has 2 heteroatoms. The van der Waals surface area contributed by atoms with E-state index in [1.165, 1.54) is 10.5 Å². The lowest BCUT2D eigenvalue weighted by Gasteiger charge is -1.99. The van der Waals surface area contributed by atoms with Gasteiger partial charge in [-0.3, -0.25) is 4.79 Å². The molecular formula is C12H14OS. The lowest BCUT2D eigenvalue weighted by atomic mass is 10.1. The van der Waals surface area contributed by atoms with Gasteiger partial charge in [-0.15, -0.1) is 11.8 Å². The van der Waals surface area contributed by atoms with Crippen LogP contribution in [-0.2, 0) is 11.2 Å². The summed E-state index contributed by atoms with van der Waals surface area (Å²) in [5, 5.41) is 0. The van der Waals surface area contributed by atoms with Gasteiger partial charge in [-0.05, 0) is 43.4 Å². The Hall–Kier alpha value is -1.02. The first-order valence-corrected chi connectivity index (χ1v) is 5.75. The van der Waals surface area contributed by atoms with Gasteiger partial charge in [0, 0.05) is 4.90 Å². The van der Waals surface area contributed by atoms with Crippen molar-refractivity contribution in [3.8, 4) is 0 Å². The van der Waals surface area contributed by atoms with E-state index in [2.05, 4.69) is 24.5 Å². The maximum absolute atomic E-state index is 10.7. The summed E-state index contributed by atoms with van der Waals surface area (Å²) in [4.78, 5) is 11.9. The third kappa shape index (κ3) is 3.79. The number of benzene rings is 1. The van der Waals surface area contributed by atoms with Crippen molar-refractivity contribution < 1.29 is 4.79 Å². The predicted octanol–water partition coefficient (Wildman–Crippen LogP) is 3.10. The highest BCUT2D eigenvalue weighted by Crippen LogP contribution is 2.16. The van der Waals surface area contributed by atoms with Crippen LogP contribution in [0.25, 0.3) is 0 Å². The molecule has 0 N–H and O–H groups in total. The molecule has 0 aliphatic heterocycles. The minimum atomic E-state index is 0.103. The fourth-order valence-corrected chi connectivity index (χ4v) is 1.64. The van der Waals surface area contributed by atoms with E-state index in [4.69, 9.17) is 0 Å². The third-order valence-electron chi connectivity index (χ3n) is 1.84. The van der Waals surface area contributed by atoms with Gasteiger partial charge < -0.3 is 0 Å². The van der Waals surface area contributed by atoms with E-state index in [0.717, 1.165) is 6.42 Å². The van der Waals surface area contributed by atoms with Crippen molar-refractivity contribution >= 4 is 17.5 Å². The Morgan fingerprint density at radius 1 is 1.50 bits per heavy atom. The van der Waals surface area contributed by atoms with Crippen molar-refractivity contribution in [2.75, 3.05) is 6.26 Å². The van der Waals surface area contributed by atoms with Crippen molar-refractivity contribution in [1.82, 2.24) is 0 Å². The molecule has 0 spiro atoms. The van der Waals surface area contributed by atoms with E-state index in [1.54, 1.807) is 24.8 Å². The zero-order valence-corrected chi connectivity index (χ0v) is 9.30. The number of rotatable bonds is 4. The molecule has 1 aromatic rings. The van der Waals surface area contributed by atoms with Crippen LogP contribution in [0.3, 0.4) is 0 Å². The van der Waals surface area contributed by atoms with Gasteiger partial charge in [-0.25, -0.2) is 0 Å². The minimum absolute atomic E-state index is 0.103. The monoisotopic (exact) mass is 206 g/mol.